The molecule has 0 aromatic carbocycles. The number of esters is 2. The predicted octanol–water partition coefficient (Wildman–Crippen LogP) is -3.52. The van der Waals surface area contributed by atoms with Gasteiger partial charge in [0, 0.05) is 12.3 Å². The van der Waals surface area contributed by atoms with Crippen molar-refractivity contribution in [1.29, 1.82) is 0 Å². The standard InChI is InChI=1S/C56H90O26/c1-23(60)75-22-53(5)31-10-11-55(7)32(52(31,4)17-26(61)45(53)81-49-43(72)44(36(65)29(20-59)78-49)80-47-41(70)38(67)34(63)28(19-58)77-47)9-8-24-25-16-51(2,3)12-14-56(25,15-13-54(24,55)6)50(73)82-48-42(71)39(68)35(64)30(79-48)21-74-46-40(69)37(66)33(62)27(18-57)76-46/h8,25-49,57-59,61-72H,9-22H2,1-7H3/t25-,26-,27+,28+,29+,30+,31+,32+,33+,34+,35+,36+,37-,38-,39-,40+,41+,42+,43+,44-,45-,46+,47-,48-,49-,52-,53-,54+,55+,56-/m0/s1. The molecule has 0 aromatic heterocycles. The van der Waals surface area contributed by atoms with Gasteiger partial charge < -0.3 is 119 Å². The lowest BCUT2D eigenvalue weighted by molar-refractivity contribution is -0.375. The van der Waals surface area contributed by atoms with Gasteiger partial charge in [0.15, 0.2) is 18.9 Å². The van der Waals surface area contributed by atoms with Crippen molar-refractivity contribution in [3.63, 3.8) is 0 Å². The Hall–Kier alpha value is -2.20. The maximum atomic E-state index is 15.1. The van der Waals surface area contributed by atoms with Gasteiger partial charge in [0.25, 0.3) is 0 Å². The number of ether oxygens (including phenoxy) is 9. The Morgan fingerprint density at radius 2 is 1.10 bits per heavy atom. The van der Waals surface area contributed by atoms with E-state index in [0.717, 1.165) is 5.57 Å². The zero-order valence-corrected chi connectivity index (χ0v) is 47.6. The molecule has 82 heavy (non-hydrogen) atoms. The van der Waals surface area contributed by atoms with E-state index < -0.39 is 200 Å². The molecular formula is C56H90O26. The van der Waals surface area contributed by atoms with Gasteiger partial charge in [-0.05, 0) is 97.2 Å². The zero-order chi connectivity index (χ0) is 60.1. The molecule has 0 spiro atoms. The van der Waals surface area contributed by atoms with Crippen LogP contribution in [0.15, 0.2) is 11.6 Å². The van der Waals surface area contributed by atoms with Crippen LogP contribution in [0.5, 0.6) is 0 Å². The van der Waals surface area contributed by atoms with Gasteiger partial charge in [-0.3, -0.25) is 9.59 Å². The minimum atomic E-state index is -1.91. The van der Waals surface area contributed by atoms with E-state index in [-0.39, 0.29) is 36.2 Å². The van der Waals surface area contributed by atoms with Crippen LogP contribution >= 0.6 is 0 Å². The molecule has 4 aliphatic heterocycles. The van der Waals surface area contributed by atoms with E-state index in [4.69, 9.17) is 42.6 Å². The molecule has 5 aliphatic carbocycles. The largest absolute Gasteiger partial charge is 0.465 e. The summed E-state index contributed by atoms with van der Waals surface area (Å²) in [6.07, 6.45) is -29.9. The monoisotopic (exact) mass is 1180 g/mol. The molecule has 26 heteroatoms. The molecule has 26 nitrogen and oxygen atoms in total. The third kappa shape index (κ3) is 10.7. The molecule has 30 atom stereocenters. The Kier molecular flexibility index (Phi) is 18.6. The van der Waals surface area contributed by atoms with Gasteiger partial charge in [-0.1, -0.05) is 53.2 Å². The summed E-state index contributed by atoms with van der Waals surface area (Å²) in [6, 6.07) is 0. The third-order valence-electron chi connectivity index (χ3n) is 21.7. The average molecular weight is 1180 g/mol. The molecule has 0 unspecified atom stereocenters. The highest BCUT2D eigenvalue weighted by atomic mass is 16.8. The van der Waals surface area contributed by atoms with Gasteiger partial charge in [-0.2, -0.15) is 0 Å². The number of carbonyl (C=O) groups excluding carboxylic acids is 2. The molecule has 15 N–H and O–H groups in total. The molecule has 4 heterocycles. The Morgan fingerprint density at radius 1 is 0.573 bits per heavy atom. The lowest BCUT2D eigenvalue weighted by Crippen LogP contribution is -2.70. The predicted molar refractivity (Wildman–Crippen MR) is 275 cm³/mol. The highest BCUT2D eigenvalue weighted by Gasteiger charge is 2.72. The van der Waals surface area contributed by atoms with Crippen molar-refractivity contribution in [2.24, 2.45) is 50.2 Å². The number of allylic oxidation sites excluding steroid dienone is 2. The summed E-state index contributed by atoms with van der Waals surface area (Å²) in [5.74, 6) is -2.03. The van der Waals surface area contributed by atoms with E-state index in [1.54, 1.807) is 0 Å². The molecule has 4 saturated carbocycles. The van der Waals surface area contributed by atoms with E-state index in [9.17, 15) is 81.4 Å². The SMILES string of the molecule is CC(=O)OC[C@@]1(C)[C@@H]2CC[C@]3(C)[C@H](CC=C4[C@@H]5CC(C)(C)CC[C@]5(C(=O)O[C@@H]5O[C@H](CO[C@@H]6O[C@H](CO)[C@@H](O)[C@H](O)[C@H]6O)[C@@H](O)[C@H](O)[C@H]5O)CC[C@]43C)[C@@]2(C)C[C@H](O)[C@@H]1O[C@@H]1O[C@H](CO)[C@@H](O)[C@H](O[C@@H]2O[C@H](CO)[C@@H](O)[C@H](O)[C@H]2O)[C@H]1O. The molecule has 0 aromatic rings. The minimum Gasteiger partial charge on any atom is -0.465 e. The van der Waals surface area contributed by atoms with Crippen LogP contribution in [0.2, 0.25) is 0 Å². The maximum Gasteiger partial charge on any atom is 0.315 e. The van der Waals surface area contributed by atoms with E-state index in [2.05, 4.69) is 40.7 Å². The first kappa shape index (κ1) is 64.3. The third-order valence-corrected chi connectivity index (χ3v) is 21.7. The van der Waals surface area contributed by atoms with E-state index in [1.807, 2.05) is 6.92 Å². The number of aliphatic hydroxyl groups excluding tert-OH is 15. The quantitative estimate of drug-likeness (QED) is 0.0455. The molecule has 470 valence electrons. The van der Waals surface area contributed by atoms with Crippen LogP contribution in [0, 0.1) is 50.2 Å². The number of fused-ring (bicyclic) bond motifs is 7. The van der Waals surface area contributed by atoms with Crippen molar-refractivity contribution in [2.45, 2.75) is 241 Å². The first-order valence-electron chi connectivity index (χ1n) is 29.0. The van der Waals surface area contributed by atoms with Crippen molar-refractivity contribution in [2.75, 3.05) is 33.0 Å². The molecular weight excluding hydrogens is 1090 g/mol. The number of carbonyl (C=O) groups is 2. The maximum absolute atomic E-state index is 15.1. The summed E-state index contributed by atoms with van der Waals surface area (Å²) in [7, 11) is 0. The van der Waals surface area contributed by atoms with Crippen LogP contribution in [0.25, 0.3) is 0 Å². The molecule has 0 bridgehead atoms. The summed E-state index contributed by atoms with van der Waals surface area (Å²) in [4.78, 5) is 27.9. The van der Waals surface area contributed by atoms with Crippen molar-refractivity contribution < 1.29 is 129 Å². The second-order valence-electron chi connectivity index (χ2n) is 26.9. The van der Waals surface area contributed by atoms with Gasteiger partial charge in [-0.25, -0.2) is 0 Å². The summed E-state index contributed by atoms with van der Waals surface area (Å²) >= 11 is 0. The second-order valence-corrected chi connectivity index (χ2v) is 26.9. The summed E-state index contributed by atoms with van der Waals surface area (Å²) in [6.45, 7) is 10.9. The van der Waals surface area contributed by atoms with Crippen molar-refractivity contribution >= 4 is 11.9 Å². The Balaban J connectivity index is 0.964. The fourth-order valence-electron chi connectivity index (χ4n) is 16.8. The summed E-state index contributed by atoms with van der Waals surface area (Å²) < 4.78 is 52.9. The van der Waals surface area contributed by atoms with Gasteiger partial charge in [0.2, 0.25) is 6.29 Å². The lowest BCUT2D eigenvalue weighted by atomic mass is 9.33. The highest BCUT2D eigenvalue weighted by Crippen LogP contribution is 2.76. The second kappa shape index (κ2) is 23.7. The highest BCUT2D eigenvalue weighted by molar-refractivity contribution is 5.79. The van der Waals surface area contributed by atoms with Crippen LogP contribution in [-0.4, -0.2) is 257 Å². The van der Waals surface area contributed by atoms with Gasteiger partial charge >= 0.3 is 11.9 Å². The summed E-state index contributed by atoms with van der Waals surface area (Å²) in [5, 5.41) is 162. The first-order valence-corrected chi connectivity index (χ1v) is 29.0. The van der Waals surface area contributed by atoms with E-state index in [0.29, 0.717) is 51.4 Å². The lowest BCUT2D eigenvalue weighted by Gasteiger charge is -2.71. The molecule has 0 amide bonds. The van der Waals surface area contributed by atoms with Crippen LogP contribution in [-0.2, 0) is 52.2 Å². The van der Waals surface area contributed by atoms with E-state index in [1.165, 1.54) is 6.92 Å². The smallest absolute Gasteiger partial charge is 0.315 e. The van der Waals surface area contributed by atoms with Crippen LogP contribution in [0.1, 0.15) is 106 Å². The van der Waals surface area contributed by atoms with Crippen molar-refractivity contribution in [3.05, 3.63) is 11.6 Å². The normalized spacial score (nSPS) is 52.9. The van der Waals surface area contributed by atoms with Crippen molar-refractivity contribution in [1.82, 2.24) is 0 Å². The zero-order valence-electron chi connectivity index (χ0n) is 47.6. The van der Waals surface area contributed by atoms with Crippen LogP contribution < -0.4 is 0 Å². The van der Waals surface area contributed by atoms with Crippen molar-refractivity contribution in [3.8, 4) is 0 Å². The number of aliphatic hydroxyl groups is 15. The molecule has 8 fully saturated rings. The van der Waals surface area contributed by atoms with E-state index >= 15 is 4.79 Å². The number of hydrogen-bond donors (Lipinski definition) is 15. The summed E-state index contributed by atoms with van der Waals surface area (Å²) in [5.41, 5.74) is -3.09. The molecule has 4 saturated heterocycles. The Bertz CT molecular complexity index is 2290. The number of rotatable bonds is 14. The Labute approximate surface area is 475 Å². The van der Waals surface area contributed by atoms with Crippen LogP contribution in [0.3, 0.4) is 0 Å². The minimum absolute atomic E-state index is 0.113. The molecule has 9 rings (SSSR count). The van der Waals surface area contributed by atoms with Crippen LogP contribution in [0.4, 0.5) is 0 Å². The first-order chi connectivity index (χ1) is 38.4. The van der Waals surface area contributed by atoms with Gasteiger partial charge in [0.05, 0.1) is 50.7 Å². The number of hydrogen-bond acceptors (Lipinski definition) is 26. The van der Waals surface area contributed by atoms with Gasteiger partial charge in [0.1, 0.15) is 97.7 Å². The molecule has 0 radical (unpaired) electrons. The molecule has 9 aliphatic rings. The van der Waals surface area contributed by atoms with Gasteiger partial charge in [-0.15, -0.1) is 0 Å². The average Bonchev–Trinajstić information content (AvgIpc) is 0.761. The fourth-order valence-corrected chi connectivity index (χ4v) is 16.8. The fraction of sp³-hybridized carbons (Fsp3) is 0.929. The Morgan fingerprint density at radius 3 is 1.70 bits per heavy atom. The topological polar surface area (TPSA) is 421 Å².